The maximum atomic E-state index is 12.1. The first-order chi connectivity index (χ1) is 9.51. The summed E-state index contributed by atoms with van der Waals surface area (Å²) >= 11 is 0. The summed E-state index contributed by atoms with van der Waals surface area (Å²) in [6, 6.07) is 5.28. The van der Waals surface area contributed by atoms with Crippen LogP contribution in [0.15, 0.2) is 18.2 Å². The summed E-state index contributed by atoms with van der Waals surface area (Å²) < 4.78 is 1.78. The van der Waals surface area contributed by atoms with Crippen molar-refractivity contribution in [2.75, 3.05) is 0 Å². The number of fused-ring (bicyclic) bond motifs is 1. The summed E-state index contributed by atoms with van der Waals surface area (Å²) in [5.41, 5.74) is 2.18. The minimum Gasteiger partial charge on any atom is -0.393 e. The lowest BCUT2D eigenvalue weighted by molar-refractivity contribution is 0.0923. The summed E-state index contributed by atoms with van der Waals surface area (Å²) in [7, 11) is 0. The van der Waals surface area contributed by atoms with Crippen molar-refractivity contribution >= 4 is 16.9 Å². The Kier molecular flexibility index (Phi) is 4.34. The molecule has 1 heterocycles. The largest absolute Gasteiger partial charge is 0.393 e. The number of rotatable bonds is 5. The molecule has 1 aromatic carbocycles. The highest BCUT2D eigenvalue weighted by atomic mass is 16.3. The minimum atomic E-state index is -0.433. The number of amides is 1. The van der Waals surface area contributed by atoms with Gasteiger partial charge in [-0.2, -0.15) is 0 Å². The zero-order valence-corrected chi connectivity index (χ0v) is 12.0. The Balaban J connectivity index is 2.14. The highest BCUT2D eigenvalue weighted by Gasteiger charge is 2.13. The molecule has 0 radical (unpaired) electrons. The number of carbonyl (C=O) groups is 1. The van der Waals surface area contributed by atoms with Crippen LogP contribution in [-0.2, 0) is 6.54 Å². The first-order valence-electron chi connectivity index (χ1n) is 6.83. The molecule has 0 fully saturated rings. The smallest absolute Gasteiger partial charge is 0.251 e. The van der Waals surface area contributed by atoms with Gasteiger partial charge in [0.15, 0.2) is 0 Å². The maximum absolute atomic E-state index is 12.1. The lowest BCUT2D eigenvalue weighted by atomic mass is 10.1. The van der Waals surface area contributed by atoms with E-state index in [0.29, 0.717) is 17.5 Å². The second kappa shape index (κ2) is 6.00. The molecule has 0 aliphatic carbocycles. The van der Waals surface area contributed by atoms with Gasteiger partial charge in [0.1, 0.15) is 5.52 Å². The predicted molar refractivity (Wildman–Crippen MR) is 76.4 cm³/mol. The van der Waals surface area contributed by atoms with Crippen molar-refractivity contribution in [3.63, 3.8) is 0 Å². The Morgan fingerprint density at radius 1 is 1.45 bits per heavy atom. The van der Waals surface area contributed by atoms with Gasteiger partial charge < -0.3 is 10.4 Å². The van der Waals surface area contributed by atoms with E-state index in [2.05, 4.69) is 15.6 Å². The highest BCUT2D eigenvalue weighted by Crippen LogP contribution is 2.13. The average Bonchev–Trinajstić information content (AvgIpc) is 2.79. The van der Waals surface area contributed by atoms with Gasteiger partial charge in [0.05, 0.1) is 11.6 Å². The van der Waals surface area contributed by atoms with Gasteiger partial charge in [0, 0.05) is 18.2 Å². The van der Waals surface area contributed by atoms with Gasteiger partial charge in [-0.3, -0.25) is 4.79 Å². The SMILES string of the molecule is CCn1nnc2cc(C(=O)NC(C)CC(C)O)ccc21. The second-order valence-electron chi connectivity index (χ2n) is 5.07. The first-order valence-corrected chi connectivity index (χ1v) is 6.83. The van der Waals surface area contributed by atoms with Crippen LogP contribution in [0, 0.1) is 0 Å². The fourth-order valence-corrected chi connectivity index (χ4v) is 2.22. The number of aryl methyl sites for hydroxylation is 1. The van der Waals surface area contributed by atoms with E-state index in [1.54, 1.807) is 23.7 Å². The third-order valence-corrected chi connectivity index (χ3v) is 3.15. The molecule has 2 rings (SSSR count). The number of benzene rings is 1. The van der Waals surface area contributed by atoms with Crippen LogP contribution in [0.25, 0.3) is 11.0 Å². The van der Waals surface area contributed by atoms with Crippen molar-refractivity contribution < 1.29 is 9.90 Å². The van der Waals surface area contributed by atoms with Gasteiger partial charge >= 0.3 is 0 Å². The van der Waals surface area contributed by atoms with E-state index in [0.717, 1.165) is 12.1 Å². The average molecular weight is 276 g/mol. The number of hydrogen-bond donors (Lipinski definition) is 2. The summed E-state index contributed by atoms with van der Waals surface area (Å²) in [4.78, 5) is 12.1. The lowest BCUT2D eigenvalue weighted by Gasteiger charge is -2.15. The van der Waals surface area contributed by atoms with Crippen LogP contribution < -0.4 is 5.32 Å². The molecule has 108 valence electrons. The predicted octanol–water partition coefficient (Wildman–Crippen LogP) is 1.34. The lowest BCUT2D eigenvalue weighted by Crippen LogP contribution is -2.34. The van der Waals surface area contributed by atoms with Crippen LogP contribution in [-0.4, -0.2) is 38.2 Å². The van der Waals surface area contributed by atoms with E-state index < -0.39 is 6.10 Å². The Labute approximate surface area is 117 Å². The number of aromatic nitrogens is 3. The second-order valence-corrected chi connectivity index (χ2v) is 5.07. The molecule has 0 aliphatic heterocycles. The number of hydrogen-bond acceptors (Lipinski definition) is 4. The first kappa shape index (κ1) is 14.5. The van der Waals surface area contributed by atoms with E-state index >= 15 is 0 Å². The maximum Gasteiger partial charge on any atom is 0.251 e. The topological polar surface area (TPSA) is 80.0 Å². The third-order valence-electron chi connectivity index (χ3n) is 3.15. The van der Waals surface area contributed by atoms with Crippen molar-refractivity contribution in [3.8, 4) is 0 Å². The van der Waals surface area contributed by atoms with Gasteiger partial charge in [0.25, 0.3) is 5.91 Å². The number of aliphatic hydroxyl groups excluding tert-OH is 1. The van der Waals surface area contributed by atoms with Crippen LogP contribution in [0.2, 0.25) is 0 Å². The number of carbonyl (C=O) groups excluding carboxylic acids is 1. The van der Waals surface area contributed by atoms with Gasteiger partial charge in [-0.25, -0.2) is 4.68 Å². The molecule has 0 saturated heterocycles. The fourth-order valence-electron chi connectivity index (χ4n) is 2.22. The molecule has 2 aromatic rings. The van der Waals surface area contributed by atoms with Gasteiger partial charge in [-0.15, -0.1) is 5.10 Å². The standard InChI is InChI=1S/C14H20N4O2/c1-4-18-13-6-5-11(8-12(13)16-17-18)14(20)15-9(2)7-10(3)19/h5-6,8-10,19H,4,7H2,1-3H3,(H,15,20). The van der Waals surface area contributed by atoms with E-state index in [9.17, 15) is 9.90 Å². The molecule has 20 heavy (non-hydrogen) atoms. The zero-order valence-electron chi connectivity index (χ0n) is 12.0. The fraction of sp³-hybridized carbons (Fsp3) is 0.500. The zero-order chi connectivity index (χ0) is 14.7. The van der Waals surface area contributed by atoms with Crippen LogP contribution in [0.1, 0.15) is 37.6 Å². The van der Waals surface area contributed by atoms with Crippen molar-refractivity contribution in [2.45, 2.75) is 45.9 Å². The molecule has 0 saturated carbocycles. The third kappa shape index (κ3) is 3.14. The van der Waals surface area contributed by atoms with Crippen LogP contribution in [0.4, 0.5) is 0 Å². The summed E-state index contributed by atoms with van der Waals surface area (Å²) in [6.07, 6.45) is 0.0947. The number of aliphatic hydroxyl groups is 1. The van der Waals surface area contributed by atoms with Crippen LogP contribution in [0.5, 0.6) is 0 Å². The van der Waals surface area contributed by atoms with E-state index in [-0.39, 0.29) is 11.9 Å². The Morgan fingerprint density at radius 2 is 2.20 bits per heavy atom. The molecule has 0 bridgehead atoms. The Morgan fingerprint density at radius 3 is 2.85 bits per heavy atom. The van der Waals surface area contributed by atoms with Crippen molar-refractivity contribution in [3.05, 3.63) is 23.8 Å². The summed E-state index contributed by atoms with van der Waals surface area (Å²) in [5.74, 6) is -0.161. The quantitative estimate of drug-likeness (QED) is 0.863. The molecular weight excluding hydrogens is 256 g/mol. The van der Waals surface area contributed by atoms with Crippen LogP contribution >= 0.6 is 0 Å². The molecule has 6 heteroatoms. The molecule has 0 spiro atoms. The minimum absolute atomic E-state index is 0.0791. The van der Waals surface area contributed by atoms with Crippen LogP contribution in [0.3, 0.4) is 0 Å². The van der Waals surface area contributed by atoms with E-state index in [4.69, 9.17) is 0 Å². The molecule has 2 unspecified atom stereocenters. The highest BCUT2D eigenvalue weighted by molar-refractivity contribution is 5.97. The molecule has 2 atom stereocenters. The molecule has 1 amide bonds. The molecule has 2 N–H and O–H groups in total. The number of nitrogens with zero attached hydrogens (tertiary/aromatic N) is 3. The Bertz CT molecular complexity index is 606. The van der Waals surface area contributed by atoms with Crippen molar-refractivity contribution in [2.24, 2.45) is 0 Å². The van der Waals surface area contributed by atoms with E-state index in [1.165, 1.54) is 0 Å². The molecule has 6 nitrogen and oxygen atoms in total. The molecule has 1 aromatic heterocycles. The Hall–Kier alpha value is -1.95. The summed E-state index contributed by atoms with van der Waals surface area (Å²) in [6.45, 7) is 6.31. The van der Waals surface area contributed by atoms with Crippen molar-refractivity contribution in [1.29, 1.82) is 0 Å². The molecular formula is C14H20N4O2. The molecule has 0 aliphatic rings. The van der Waals surface area contributed by atoms with Gasteiger partial charge in [0.2, 0.25) is 0 Å². The van der Waals surface area contributed by atoms with Crippen molar-refractivity contribution in [1.82, 2.24) is 20.3 Å². The van der Waals surface area contributed by atoms with Gasteiger partial charge in [-0.05, 0) is 45.4 Å². The van der Waals surface area contributed by atoms with Gasteiger partial charge in [-0.1, -0.05) is 5.21 Å². The monoisotopic (exact) mass is 276 g/mol. The number of nitrogens with one attached hydrogen (secondary N) is 1. The normalized spacial score (nSPS) is 14.2. The van der Waals surface area contributed by atoms with E-state index in [1.807, 2.05) is 19.9 Å². The summed E-state index contributed by atoms with van der Waals surface area (Å²) in [5, 5.41) is 20.2.